The Morgan fingerprint density at radius 1 is 1.00 bits per heavy atom. The summed E-state index contributed by atoms with van der Waals surface area (Å²) in [5.74, 6) is 1.54. The number of aromatic nitrogens is 1. The molecule has 0 aliphatic heterocycles. The zero-order valence-electron chi connectivity index (χ0n) is 11.5. The molecule has 1 aromatic heterocycles. The molecule has 2 rings (SSSR count). The van der Waals surface area contributed by atoms with Crippen molar-refractivity contribution in [1.29, 1.82) is 0 Å². The first-order chi connectivity index (χ1) is 8.58. The predicted octanol–water partition coefficient (Wildman–Crippen LogP) is 3.94. The minimum absolute atomic E-state index is 0.555. The average molecular weight is 240 g/mol. The fraction of sp³-hybridized carbons (Fsp3) is 0.312. The summed E-state index contributed by atoms with van der Waals surface area (Å²) >= 11 is 0. The highest BCUT2D eigenvalue weighted by Crippen LogP contribution is 2.24. The summed E-state index contributed by atoms with van der Waals surface area (Å²) in [6.45, 7) is 4.43. The first-order valence-corrected chi connectivity index (χ1v) is 6.31. The molecule has 94 valence electrons. The molecule has 2 nitrogen and oxygen atoms in total. The zero-order valence-corrected chi connectivity index (χ0v) is 11.5. The molecule has 0 fully saturated rings. The number of rotatable bonds is 3. The summed E-state index contributed by atoms with van der Waals surface area (Å²) in [5, 5.41) is 0. The minimum atomic E-state index is 0.555. The Morgan fingerprint density at radius 3 is 2.33 bits per heavy atom. The molecule has 18 heavy (non-hydrogen) atoms. The number of hydrogen-bond donors (Lipinski definition) is 0. The van der Waals surface area contributed by atoms with Gasteiger partial charge in [-0.3, -0.25) is 0 Å². The highest BCUT2D eigenvalue weighted by Gasteiger charge is 2.03. The maximum atomic E-state index is 4.46. The van der Waals surface area contributed by atoms with Crippen molar-refractivity contribution in [2.75, 3.05) is 19.0 Å². The minimum Gasteiger partial charge on any atom is -0.363 e. The molecule has 2 heteroatoms. The Morgan fingerprint density at radius 2 is 1.78 bits per heavy atom. The van der Waals surface area contributed by atoms with Crippen LogP contribution in [0, 0.1) is 0 Å². The van der Waals surface area contributed by atoms with Crippen molar-refractivity contribution < 1.29 is 0 Å². The number of anilines is 1. The van der Waals surface area contributed by atoms with Crippen molar-refractivity contribution in [2.24, 2.45) is 0 Å². The zero-order chi connectivity index (χ0) is 13.1. The number of benzene rings is 1. The average Bonchev–Trinajstić information content (AvgIpc) is 2.39. The third kappa shape index (κ3) is 2.70. The largest absolute Gasteiger partial charge is 0.363 e. The smallest absolute Gasteiger partial charge is 0.127 e. The molecule has 0 unspecified atom stereocenters. The first kappa shape index (κ1) is 12.6. The standard InChI is InChI=1S/C16H20N2/c1-12(2)13-6-5-7-14(10-13)15-8-9-16(17-11-15)18(3)4/h5-12H,1-4H3. The van der Waals surface area contributed by atoms with Gasteiger partial charge in [-0.15, -0.1) is 0 Å². The van der Waals surface area contributed by atoms with Crippen molar-refractivity contribution in [3.63, 3.8) is 0 Å². The van der Waals surface area contributed by atoms with E-state index in [1.807, 2.05) is 25.2 Å². The first-order valence-electron chi connectivity index (χ1n) is 6.31. The van der Waals surface area contributed by atoms with Crippen molar-refractivity contribution >= 4 is 5.82 Å². The van der Waals surface area contributed by atoms with Gasteiger partial charge in [0.25, 0.3) is 0 Å². The topological polar surface area (TPSA) is 16.1 Å². The van der Waals surface area contributed by atoms with Gasteiger partial charge in [0.05, 0.1) is 0 Å². The van der Waals surface area contributed by atoms with Crippen LogP contribution in [0.1, 0.15) is 25.3 Å². The van der Waals surface area contributed by atoms with Crippen LogP contribution in [0.4, 0.5) is 5.82 Å². The summed E-state index contributed by atoms with van der Waals surface area (Å²) < 4.78 is 0. The Bertz CT molecular complexity index is 513. The van der Waals surface area contributed by atoms with Gasteiger partial charge in [-0.2, -0.15) is 0 Å². The second kappa shape index (κ2) is 5.21. The van der Waals surface area contributed by atoms with E-state index in [-0.39, 0.29) is 0 Å². The highest BCUT2D eigenvalue weighted by atomic mass is 15.1. The van der Waals surface area contributed by atoms with Crippen molar-refractivity contribution in [3.05, 3.63) is 48.2 Å². The van der Waals surface area contributed by atoms with Gasteiger partial charge < -0.3 is 4.90 Å². The van der Waals surface area contributed by atoms with Gasteiger partial charge in [0, 0.05) is 25.9 Å². The lowest BCUT2D eigenvalue weighted by Crippen LogP contribution is -2.09. The quantitative estimate of drug-likeness (QED) is 0.808. The molecular formula is C16H20N2. The van der Waals surface area contributed by atoms with E-state index in [0.29, 0.717) is 5.92 Å². The van der Waals surface area contributed by atoms with Crippen LogP contribution >= 0.6 is 0 Å². The van der Waals surface area contributed by atoms with E-state index in [2.05, 4.69) is 55.2 Å². The fourth-order valence-corrected chi connectivity index (χ4v) is 1.90. The van der Waals surface area contributed by atoms with Gasteiger partial charge in [-0.05, 0) is 29.2 Å². The van der Waals surface area contributed by atoms with Crippen LogP contribution in [0.5, 0.6) is 0 Å². The molecule has 0 saturated heterocycles. The summed E-state index contributed by atoms with van der Waals surface area (Å²) in [5.41, 5.74) is 3.77. The van der Waals surface area contributed by atoms with Crippen molar-refractivity contribution in [3.8, 4) is 11.1 Å². The van der Waals surface area contributed by atoms with E-state index in [0.717, 1.165) is 5.82 Å². The van der Waals surface area contributed by atoms with Crippen LogP contribution in [0.15, 0.2) is 42.6 Å². The second-order valence-corrected chi connectivity index (χ2v) is 5.08. The lowest BCUT2D eigenvalue weighted by molar-refractivity contribution is 0.867. The van der Waals surface area contributed by atoms with Gasteiger partial charge in [-0.25, -0.2) is 4.98 Å². The third-order valence-electron chi connectivity index (χ3n) is 3.09. The lowest BCUT2D eigenvalue weighted by Gasteiger charge is -2.12. The molecular weight excluding hydrogens is 220 g/mol. The van der Waals surface area contributed by atoms with E-state index < -0.39 is 0 Å². The molecule has 1 aromatic carbocycles. The van der Waals surface area contributed by atoms with Gasteiger partial charge in [0.15, 0.2) is 0 Å². The monoisotopic (exact) mass is 240 g/mol. The van der Waals surface area contributed by atoms with Crippen LogP contribution < -0.4 is 4.90 Å². The van der Waals surface area contributed by atoms with Crippen molar-refractivity contribution in [2.45, 2.75) is 19.8 Å². The van der Waals surface area contributed by atoms with Crippen LogP contribution in [-0.4, -0.2) is 19.1 Å². The van der Waals surface area contributed by atoms with Gasteiger partial charge in [0.1, 0.15) is 5.82 Å². The van der Waals surface area contributed by atoms with E-state index in [1.54, 1.807) is 0 Å². The number of nitrogens with zero attached hydrogens (tertiary/aromatic N) is 2. The molecule has 0 bridgehead atoms. The van der Waals surface area contributed by atoms with E-state index >= 15 is 0 Å². The van der Waals surface area contributed by atoms with Crippen LogP contribution in [0.2, 0.25) is 0 Å². The predicted molar refractivity (Wildman–Crippen MR) is 78.1 cm³/mol. The van der Waals surface area contributed by atoms with Crippen LogP contribution in [0.3, 0.4) is 0 Å². The van der Waals surface area contributed by atoms with Gasteiger partial charge in [-0.1, -0.05) is 38.1 Å². The maximum absolute atomic E-state index is 4.46. The molecule has 0 spiro atoms. The second-order valence-electron chi connectivity index (χ2n) is 5.08. The molecule has 0 N–H and O–H groups in total. The SMILES string of the molecule is CC(C)c1cccc(-c2ccc(N(C)C)nc2)c1. The molecule has 0 saturated carbocycles. The normalized spacial score (nSPS) is 10.7. The summed E-state index contributed by atoms with van der Waals surface area (Å²) in [6, 6.07) is 12.9. The van der Waals surface area contributed by atoms with E-state index in [4.69, 9.17) is 0 Å². The summed E-state index contributed by atoms with van der Waals surface area (Å²) in [4.78, 5) is 6.46. The molecule has 0 amide bonds. The third-order valence-corrected chi connectivity index (χ3v) is 3.09. The Kier molecular flexibility index (Phi) is 3.66. The Balaban J connectivity index is 2.33. The molecule has 1 heterocycles. The van der Waals surface area contributed by atoms with E-state index in [9.17, 15) is 0 Å². The number of hydrogen-bond acceptors (Lipinski definition) is 2. The maximum Gasteiger partial charge on any atom is 0.127 e. The fourth-order valence-electron chi connectivity index (χ4n) is 1.90. The summed E-state index contributed by atoms with van der Waals surface area (Å²) in [6.07, 6.45) is 1.94. The molecule has 2 aromatic rings. The Hall–Kier alpha value is -1.83. The molecule has 0 radical (unpaired) electrons. The number of pyridine rings is 1. The van der Waals surface area contributed by atoms with Crippen molar-refractivity contribution in [1.82, 2.24) is 4.98 Å². The van der Waals surface area contributed by atoms with Gasteiger partial charge in [0.2, 0.25) is 0 Å². The summed E-state index contributed by atoms with van der Waals surface area (Å²) in [7, 11) is 4.00. The van der Waals surface area contributed by atoms with Crippen LogP contribution in [0.25, 0.3) is 11.1 Å². The molecule has 0 atom stereocenters. The lowest BCUT2D eigenvalue weighted by atomic mass is 9.98. The van der Waals surface area contributed by atoms with Crippen LogP contribution in [-0.2, 0) is 0 Å². The molecule has 0 aliphatic rings. The molecule has 0 aliphatic carbocycles. The van der Waals surface area contributed by atoms with E-state index in [1.165, 1.54) is 16.7 Å². The van der Waals surface area contributed by atoms with Gasteiger partial charge >= 0.3 is 0 Å². The highest BCUT2D eigenvalue weighted by molar-refractivity contribution is 5.64. The Labute approximate surface area is 109 Å².